The molecule has 7 nitrogen and oxygen atoms in total. The fourth-order valence-electron chi connectivity index (χ4n) is 2.25. The van der Waals surface area contributed by atoms with E-state index in [4.69, 9.17) is 4.74 Å². The molecular formula is C17H16N4O3. The maximum Gasteiger partial charge on any atom is 0.360 e. The number of benzene rings is 1. The zero-order chi connectivity index (χ0) is 16.9. The van der Waals surface area contributed by atoms with E-state index in [-0.39, 0.29) is 18.1 Å². The Kier molecular flexibility index (Phi) is 4.42. The summed E-state index contributed by atoms with van der Waals surface area (Å²) in [6, 6.07) is 13.9. The van der Waals surface area contributed by atoms with E-state index >= 15 is 0 Å². The molecule has 0 saturated carbocycles. The van der Waals surface area contributed by atoms with Crippen LogP contribution < -0.4 is 10.6 Å². The quantitative estimate of drug-likeness (QED) is 0.722. The fraction of sp³-hybridized carbons (Fsp3) is 0.118. The molecule has 2 heterocycles. The van der Waals surface area contributed by atoms with Crippen LogP contribution in [-0.2, 0) is 4.74 Å². The number of ether oxygens (including phenoxy) is 1. The number of nitrogens with one attached hydrogen (secondary N) is 2. The molecule has 0 radical (unpaired) electrons. The van der Waals surface area contributed by atoms with Crippen LogP contribution in [0.3, 0.4) is 0 Å². The van der Waals surface area contributed by atoms with Gasteiger partial charge in [0.2, 0.25) is 0 Å². The van der Waals surface area contributed by atoms with Crippen molar-refractivity contribution >= 4 is 29.2 Å². The van der Waals surface area contributed by atoms with E-state index in [9.17, 15) is 9.59 Å². The van der Waals surface area contributed by atoms with Crippen molar-refractivity contribution in [1.29, 1.82) is 0 Å². The maximum atomic E-state index is 12.2. The highest BCUT2D eigenvalue weighted by atomic mass is 16.5. The number of imidazole rings is 1. The molecule has 3 aromatic rings. The van der Waals surface area contributed by atoms with E-state index < -0.39 is 12.0 Å². The number of carbonyl (C=O) groups is 2. The lowest BCUT2D eigenvalue weighted by Crippen LogP contribution is -2.22. The molecule has 3 rings (SSSR count). The SMILES string of the molecule is CCOC(=O)c1nc2ccccn2c1NC(=O)Nc1ccccc1. The van der Waals surface area contributed by atoms with Gasteiger partial charge < -0.3 is 10.1 Å². The second kappa shape index (κ2) is 6.82. The summed E-state index contributed by atoms with van der Waals surface area (Å²) in [5.41, 5.74) is 1.24. The van der Waals surface area contributed by atoms with Crippen LogP contribution in [0.25, 0.3) is 5.65 Å². The number of amides is 2. The summed E-state index contributed by atoms with van der Waals surface area (Å²) in [4.78, 5) is 28.6. The lowest BCUT2D eigenvalue weighted by molar-refractivity contribution is 0.0521. The molecule has 2 amide bonds. The number of para-hydroxylation sites is 1. The second-order valence-corrected chi connectivity index (χ2v) is 4.90. The first-order valence-corrected chi connectivity index (χ1v) is 7.46. The van der Waals surface area contributed by atoms with Gasteiger partial charge >= 0.3 is 12.0 Å². The molecule has 2 aromatic heterocycles. The van der Waals surface area contributed by atoms with Gasteiger partial charge in [-0.2, -0.15) is 0 Å². The van der Waals surface area contributed by atoms with Crippen molar-refractivity contribution in [1.82, 2.24) is 9.38 Å². The van der Waals surface area contributed by atoms with Crippen LogP contribution in [-0.4, -0.2) is 28.0 Å². The summed E-state index contributed by atoms with van der Waals surface area (Å²) in [7, 11) is 0. The Morgan fingerprint density at radius 2 is 1.83 bits per heavy atom. The molecule has 0 fully saturated rings. The van der Waals surface area contributed by atoms with Gasteiger partial charge in [0.05, 0.1) is 6.61 Å². The van der Waals surface area contributed by atoms with Crippen LogP contribution in [0.1, 0.15) is 17.4 Å². The molecular weight excluding hydrogens is 308 g/mol. The molecule has 0 atom stereocenters. The summed E-state index contributed by atoms with van der Waals surface area (Å²) in [5, 5.41) is 5.37. The summed E-state index contributed by atoms with van der Waals surface area (Å²) < 4.78 is 6.63. The molecule has 0 aliphatic heterocycles. The Morgan fingerprint density at radius 1 is 1.08 bits per heavy atom. The van der Waals surface area contributed by atoms with E-state index in [1.807, 2.05) is 18.2 Å². The summed E-state index contributed by atoms with van der Waals surface area (Å²) in [5.74, 6) is -0.325. The second-order valence-electron chi connectivity index (χ2n) is 4.90. The monoisotopic (exact) mass is 324 g/mol. The van der Waals surface area contributed by atoms with Crippen LogP contribution in [0.5, 0.6) is 0 Å². The molecule has 0 saturated heterocycles. The van der Waals surface area contributed by atoms with E-state index in [1.165, 1.54) is 0 Å². The first kappa shape index (κ1) is 15.5. The molecule has 0 unspecified atom stereocenters. The number of aromatic nitrogens is 2. The average molecular weight is 324 g/mol. The zero-order valence-corrected chi connectivity index (χ0v) is 13.0. The highest BCUT2D eigenvalue weighted by Gasteiger charge is 2.21. The molecule has 24 heavy (non-hydrogen) atoms. The number of urea groups is 1. The Balaban J connectivity index is 1.90. The molecule has 2 N–H and O–H groups in total. The first-order valence-electron chi connectivity index (χ1n) is 7.46. The first-order chi connectivity index (χ1) is 11.7. The predicted octanol–water partition coefficient (Wildman–Crippen LogP) is 3.16. The van der Waals surface area contributed by atoms with Crippen LogP contribution in [0.4, 0.5) is 16.3 Å². The predicted molar refractivity (Wildman–Crippen MR) is 90.2 cm³/mol. The van der Waals surface area contributed by atoms with Crippen molar-refractivity contribution in [3.05, 3.63) is 60.4 Å². The van der Waals surface area contributed by atoms with Gasteiger partial charge in [0, 0.05) is 11.9 Å². The lowest BCUT2D eigenvalue weighted by atomic mass is 10.3. The number of nitrogens with zero attached hydrogens (tertiary/aromatic N) is 2. The third kappa shape index (κ3) is 3.19. The van der Waals surface area contributed by atoms with Crippen molar-refractivity contribution in [3.63, 3.8) is 0 Å². The number of pyridine rings is 1. The van der Waals surface area contributed by atoms with Gasteiger partial charge in [0.1, 0.15) is 5.65 Å². The fourth-order valence-corrected chi connectivity index (χ4v) is 2.25. The van der Waals surface area contributed by atoms with Crippen molar-refractivity contribution in [2.75, 3.05) is 17.2 Å². The molecule has 0 aliphatic carbocycles. The van der Waals surface area contributed by atoms with Crippen molar-refractivity contribution in [3.8, 4) is 0 Å². The molecule has 122 valence electrons. The van der Waals surface area contributed by atoms with Gasteiger partial charge in [-0.15, -0.1) is 0 Å². The number of carbonyl (C=O) groups excluding carboxylic acids is 2. The summed E-state index contributed by atoms with van der Waals surface area (Å²) in [6.07, 6.45) is 1.71. The number of anilines is 2. The third-order valence-corrected chi connectivity index (χ3v) is 3.26. The van der Waals surface area contributed by atoms with Gasteiger partial charge in [-0.1, -0.05) is 24.3 Å². The molecule has 7 heteroatoms. The van der Waals surface area contributed by atoms with E-state index in [2.05, 4.69) is 15.6 Å². The minimum atomic E-state index is -0.587. The van der Waals surface area contributed by atoms with Crippen molar-refractivity contribution in [2.24, 2.45) is 0 Å². The van der Waals surface area contributed by atoms with Gasteiger partial charge in [-0.25, -0.2) is 14.6 Å². The van der Waals surface area contributed by atoms with E-state index in [0.717, 1.165) is 0 Å². The van der Waals surface area contributed by atoms with Gasteiger partial charge in [0.25, 0.3) is 0 Å². The van der Waals surface area contributed by atoms with Gasteiger partial charge in [0.15, 0.2) is 11.5 Å². The summed E-state index contributed by atoms with van der Waals surface area (Å²) in [6.45, 7) is 1.94. The number of hydrogen-bond acceptors (Lipinski definition) is 4. The molecule has 1 aromatic carbocycles. The number of hydrogen-bond donors (Lipinski definition) is 2. The topological polar surface area (TPSA) is 84.7 Å². The minimum absolute atomic E-state index is 0.0614. The molecule has 0 aliphatic rings. The van der Waals surface area contributed by atoms with Crippen molar-refractivity contribution < 1.29 is 14.3 Å². The van der Waals surface area contributed by atoms with Gasteiger partial charge in [-0.3, -0.25) is 9.72 Å². The number of fused-ring (bicyclic) bond motifs is 1. The highest BCUT2D eigenvalue weighted by Crippen LogP contribution is 2.19. The minimum Gasteiger partial charge on any atom is -0.461 e. The van der Waals surface area contributed by atoms with Crippen LogP contribution in [0.15, 0.2) is 54.7 Å². The highest BCUT2D eigenvalue weighted by molar-refractivity contribution is 6.04. The number of esters is 1. The summed E-state index contributed by atoms with van der Waals surface area (Å²) >= 11 is 0. The van der Waals surface area contributed by atoms with E-state index in [1.54, 1.807) is 47.9 Å². The van der Waals surface area contributed by atoms with Crippen LogP contribution in [0.2, 0.25) is 0 Å². The van der Waals surface area contributed by atoms with E-state index in [0.29, 0.717) is 11.3 Å². The normalized spacial score (nSPS) is 10.4. The Morgan fingerprint density at radius 3 is 2.58 bits per heavy atom. The molecule has 0 bridgehead atoms. The van der Waals surface area contributed by atoms with Crippen LogP contribution >= 0.6 is 0 Å². The van der Waals surface area contributed by atoms with Crippen molar-refractivity contribution in [2.45, 2.75) is 6.92 Å². The smallest absolute Gasteiger partial charge is 0.360 e. The third-order valence-electron chi connectivity index (χ3n) is 3.26. The van der Waals surface area contributed by atoms with Crippen LogP contribution in [0, 0.1) is 0 Å². The maximum absolute atomic E-state index is 12.2. The van der Waals surface area contributed by atoms with Gasteiger partial charge in [-0.05, 0) is 31.2 Å². The lowest BCUT2D eigenvalue weighted by Gasteiger charge is -2.09. The molecule has 0 spiro atoms. The Labute approximate surface area is 138 Å². The average Bonchev–Trinajstić information content (AvgIpc) is 2.95. The zero-order valence-electron chi connectivity index (χ0n) is 13.0. The Hall–Kier alpha value is -3.35. The largest absolute Gasteiger partial charge is 0.461 e. The Bertz CT molecular complexity index is 874. The standard InChI is InChI=1S/C17H16N4O3/c1-2-24-16(22)14-15(21-11-7-6-10-13(21)19-14)20-17(23)18-12-8-4-3-5-9-12/h3-11H,2H2,1H3,(H2,18,20,23). The number of rotatable bonds is 4.